The molecule has 1 saturated carbocycles. The standard InChI is InChI=1S/C14H21N3O3S/c1-9-6-12(7-13(15)10(9)2)21(19,20)17(3)8-14(18)16-11-4-5-11/h6-7,11H,4-5,8,15H2,1-3H3,(H,16,18). The van der Waals surface area contributed by atoms with E-state index in [0.717, 1.165) is 28.3 Å². The van der Waals surface area contributed by atoms with E-state index in [1.807, 2.05) is 13.8 Å². The second-order valence-electron chi connectivity index (χ2n) is 5.56. The van der Waals surface area contributed by atoms with Crippen LogP contribution in [0.2, 0.25) is 0 Å². The Balaban J connectivity index is 2.18. The summed E-state index contributed by atoms with van der Waals surface area (Å²) in [5, 5.41) is 2.77. The summed E-state index contributed by atoms with van der Waals surface area (Å²) in [6.45, 7) is 3.46. The van der Waals surface area contributed by atoms with E-state index in [4.69, 9.17) is 5.73 Å². The van der Waals surface area contributed by atoms with E-state index in [0.29, 0.717) is 5.69 Å². The number of hydrogen-bond acceptors (Lipinski definition) is 4. The highest BCUT2D eigenvalue weighted by atomic mass is 32.2. The third kappa shape index (κ3) is 3.54. The third-order valence-corrected chi connectivity index (χ3v) is 5.48. The van der Waals surface area contributed by atoms with Crippen LogP contribution in [0.4, 0.5) is 5.69 Å². The lowest BCUT2D eigenvalue weighted by Gasteiger charge is -2.18. The van der Waals surface area contributed by atoms with E-state index in [9.17, 15) is 13.2 Å². The Bertz CT molecular complexity index is 643. The van der Waals surface area contributed by atoms with E-state index in [-0.39, 0.29) is 23.4 Å². The minimum Gasteiger partial charge on any atom is -0.398 e. The van der Waals surface area contributed by atoms with Crippen molar-refractivity contribution in [2.75, 3.05) is 19.3 Å². The molecule has 0 heterocycles. The molecule has 2 rings (SSSR count). The van der Waals surface area contributed by atoms with Gasteiger partial charge in [-0.1, -0.05) is 0 Å². The number of benzene rings is 1. The van der Waals surface area contributed by atoms with E-state index < -0.39 is 10.0 Å². The van der Waals surface area contributed by atoms with Crippen LogP contribution in [0.3, 0.4) is 0 Å². The molecule has 21 heavy (non-hydrogen) atoms. The van der Waals surface area contributed by atoms with Crippen molar-refractivity contribution in [1.29, 1.82) is 0 Å². The molecular formula is C14H21N3O3S. The number of aryl methyl sites for hydroxylation is 1. The number of carbonyl (C=O) groups is 1. The molecular weight excluding hydrogens is 290 g/mol. The molecule has 0 atom stereocenters. The second kappa shape index (κ2) is 5.65. The minimum atomic E-state index is -3.72. The average molecular weight is 311 g/mol. The molecule has 0 aliphatic heterocycles. The van der Waals surface area contributed by atoms with Crippen molar-refractivity contribution in [3.8, 4) is 0 Å². The van der Waals surface area contributed by atoms with E-state index in [1.54, 1.807) is 6.07 Å². The number of sulfonamides is 1. The van der Waals surface area contributed by atoms with Crippen molar-refractivity contribution in [1.82, 2.24) is 9.62 Å². The fraction of sp³-hybridized carbons (Fsp3) is 0.500. The molecule has 7 heteroatoms. The zero-order valence-corrected chi connectivity index (χ0v) is 13.3. The predicted molar refractivity (Wildman–Crippen MR) is 81.3 cm³/mol. The highest BCUT2D eigenvalue weighted by Crippen LogP contribution is 2.23. The van der Waals surface area contributed by atoms with Crippen LogP contribution in [0.15, 0.2) is 17.0 Å². The molecule has 0 saturated heterocycles. The van der Waals surface area contributed by atoms with Gasteiger partial charge >= 0.3 is 0 Å². The van der Waals surface area contributed by atoms with Gasteiger partial charge < -0.3 is 11.1 Å². The van der Waals surface area contributed by atoms with Crippen molar-refractivity contribution in [3.63, 3.8) is 0 Å². The normalized spacial score (nSPS) is 15.2. The summed E-state index contributed by atoms with van der Waals surface area (Å²) in [6, 6.07) is 3.23. The highest BCUT2D eigenvalue weighted by Gasteiger charge is 2.27. The van der Waals surface area contributed by atoms with Crippen LogP contribution in [0, 0.1) is 13.8 Å². The number of nitrogens with zero attached hydrogens (tertiary/aromatic N) is 1. The average Bonchev–Trinajstić information content (AvgIpc) is 3.18. The molecule has 0 radical (unpaired) electrons. The monoisotopic (exact) mass is 311 g/mol. The van der Waals surface area contributed by atoms with Gasteiger partial charge in [0, 0.05) is 18.8 Å². The van der Waals surface area contributed by atoms with Gasteiger partial charge in [-0.25, -0.2) is 8.42 Å². The van der Waals surface area contributed by atoms with E-state index in [2.05, 4.69) is 5.32 Å². The van der Waals surface area contributed by atoms with Crippen LogP contribution in [-0.2, 0) is 14.8 Å². The van der Waals surface area contributed by atoms with Gasteiger partial charge in [-0.15, -0.1) is 0 Å². The summed E-state index contributed by atoms with van der Waals surface area (Å²) < 4.78 is 26.0. The molecule has 1 aromatic rings. The Morgan fingerprint density at radius 2 is 2.00 bits per heavy atom. The fourth-order valence-electron chi connectivity index (χ4n) is 1.97. The first kappa shape index (κ1) is 15.8. The number of amides is 1. The van der Waals surface area contributed by atoms with Gasteiger partial charge in [0.1, 0.15) is 0 Å². The molecule has 1 fully saturated rings. The number of anilines is 1. The Hall–Kier alpha value is -1.60. The quantitative estimate of drug-likeness (QED) is 0.786. The Morgan fingerprint density at radius 3 is 2.52 bits per heavy atom. The van der Waals surface area contributed by atoms with Gasteiger partial charge in [-0.3, -0.25) is 4.79 Å². The maximum absolute atomic E-state index is 12.5. The fourth-order valence-corrected chi connectivity index (χ4v) is 3.22. The summed E-state index contributed by atoms with van der Waals surface area (Å²) in [5.41, 5.74) is 7.94. The SMILES string of the molecule is Cc1cc(S(=O)(=O)N(C)CC(=O)NC2CC2)cc(N)c1C. The first-order chi connectivity index (χ1) is 9.71. The van der Waals surface area contributed by atoms with Crippen LogP contribution in [0.5, 0.6) is 0 Å². The van der Waals surface area contributed by atoms with Crippen molar-refractivity contribution < 1.29 is 13.2 Å². The number of nitrogens with one attached hydrogen (secondary N) is 1. The van der Waals surface area contributed by atoms with E-state index >= 15 is 0 Å². The van der Waals surface area contributed by atoms with Crippen molar-refractivity contribution in [3.05, 3.63) is 23.3 Å². The van der Waals surface area contributed by atoms with Gasteiger partial charge in [-0.2, -0.15) is 4.31 Å². The van der Waals surface area contributed by atoms with Crippen molar-refractivity contribution in [2.24, 2.45) is 0 Å². The van der Waals surface area contributed by atoms with Crippen LogP contribution < -0.4 is 11.1 Å². The lowest BCUT2D eigenvalue weighted by atomic mass is 10.1. The number of likely N-dealkylation sites (N-methyl/N-ethyl adjacent to an activating group) is 1. The Morgan fingerprint density at radius 1 is 1.38 bits per heavy atom. The topological polar surface area (TPSA) is 92.5 Å². The maximum atomic E-state index is 12.5. The highest BCUT2D eigenvalue weighted by molar-refractivity contribution is 7.89. The minimum absolute atomic E-state index is 0.116. The molecule has 116 valence electrons. The molecule has 0 aromatic heterocycles. The lowest BCUT2D eigenvalue weighted by molar-refractivity contribution is -0.121. The van der Waals surface area contributed by atoms with Crippen LogP contribution in [-0.4, -0.2) is 38.3 Å². The number of nitrogen functional groups attached to an aromatic ring is 1. The summed E-state index contributed by atoms with van der Waals surface area (Å²) in [5.74, 6) is -0.277. The van der Waals surface area contributed by atoms with Crippen LogP contribution in [0.1, 0.15) is 24.0 Å². The third-order valence-electron chi connectivity index (χ3n) is 3.70. The molecule has 0 unspecified atom stereocenters. The Kier molecular flexibility index (Phi) is 4.25. The molecule has 1 aromatic carbocycles. The molecule has 3 N–H and O–H groups in total. The lowest BCUT2D eigenvalue weighted by Crippen LogP contribution is -2.39. The molecule has 1 amide bonds. The smallest absolute Gasteiger partial charge is 0.243 e. The van der Waals surface area contributed by atoms with Crippen molar-refractivity contribution >= 4 is 21.6 Å². The van der Waals surface area contributed by atoms with Gasteiger partial charge in [0.05, 0.1) is 11.4 Å². The van der Waals surface area contributed by atoms with Gasteiger partial charge in [-0.05, 0) is 49.9 Å². The number of hydrogen-bond donors (Lipinski definition) is 2. The van der Waals surface area contributed by atoms with Gasteiger partial charge in [0.2, 0.25) is 15.9 Å². The number of rotatable bonds is 5. The zero-order chi connectivity index (χ0) is 15.8. The maximum Gasteiger partial charge on any atom is 0.243 e. The number of carbonyl (C=O) groups excluding carboxylic acids is 1. The van der Waals surface area contributed by atoms with Crippen molar-refractivity contribution in [2.45, 2.75) is 37.6 Å². The predicted octanol–water partition coefficient (Wildman–Crippen LogP) is 0.785. The van der Waals surface area contributed by atoms with E-state index in [1.165, 1.54) is 13.1 Å². The Labute approximate surface area is 125 Å². The number of nitrogens with two attached hydrogens (primary N) is 1. The molecule has 6 nitrogen and oxygen atoms in total. The molecule has 0 spiro atoms. The summed E-state index contributed by atoms with van der Waals surface area (Å²) in [6.07, 6.45) is 1.94. The van der Waals surface area contributed by atoms with Crippen LogP contribution in [0.25, 0.3) is 0 Å². The molecule has 1 aliphatic rings. The largest absolute Gasteiger partial charge is 0.398 e. The summed E-state index contributed by atoms with van der Waals surface area (Å²) in [7, 11) is -2.32. The van der Waals surface area contributed by atoms with Crippen LogP contribution >= 0.6 is 0 Å². The summed E-state index contributed by atoms with van der Waals surface area (Å²) >= 11 is 0. The summed E-state index contributed by atoms with van der Waals surface area (Å²) in [4.78, 5) is 11.8. The molecule has 1 aliphatic carbocycles. The molecule has 0 bridgehead atoms. The van der Waals surface area contributed by atoms with Gasteiger partial charge in [0.25, 0.3) is 0 Å². The van der Waals surface area contributed by atoms with Gasteiger partial charge in [0.15, 0.2) is 0 Å². The second-order valence-corrected chi connectivity index (χ2v) is 7.60. The first-order valence-electron chi connectivity index (χ1n) is 6.84. The zero-order valence-electron chi connectivity index (χ0n) is 12.5. The first-order valence-corrected chi connectivity index (χ1v) is 8.28.